The molecule has 0 aliphatic heterocycles. The summed E-state index contributed by atoms with van der Waals surface area (Å²) in [6.45, 7) is 0. The average Bonchev–Trinajstić information content (AvgIpc) is 1.91. The third-order valence-corrected chi connectivity index (χ3v) is 0. The van der Waals surface area contributed by atoms with Crippen LogP contribution in [0, 0.1) is 103 Å². The molecule has 129 valence electrons. The van der Waals surface area contributed by atoms with Crippen molar-refractivity contribution >= 4 is 0 Å². The van der Waals surface area contributed by atoms with Crippen LogP contribution < -0.4 is 0 Å². The summed E-state index contributed by atoms with van der Waals surface area (Å²) in [5.41, 5.74) is 0. The van der Waals surface area contributed by atoms with Gasteiger partial charge in [-0.3, -0.25) is 0 Å². The summed E-state index contributed by atoms with van der Waals surface area (Å²) in [4.78, 5) is 33.0. The van der Waals surface area contributed by atoms with Crippen LogP contribution in [0.4, 0.5) is 0 Å². The zero-order valence-electron chi connectivity index (χ0n) is 11.6. The Bertz CT molecular complexity index is 234. The van der Waals surface area contributed by atoms with Crippen LogP contribution in [0.15, 0.2) is 0 Å². The molecule has 0 unspecified atom stereocenters. The molecule has 18 heteroatoms. The summed E-state index contributed by atoms with van der Waals surface area (Å²) in [5, 5.41) is 59.0. The molecule has 0 bridgehead atoms. The van der Waals surface area contributed by atoms with Crippen molar-refractivity contribution in [3.63, 3.8) is 0 Å². The first-order chi connectivity index (χ1) is 8.93. The quantitative estimate of drug-likeness (QED) is 0.247. The maximum absolute atomic E-state index is 8.25. The van der Waals surface area contributed by atoms with Gasteiger partial charge in [-0.15, -0.1) is 0 Å². The van der Waals surface area contributed by atoms with Gasteiger partial charge in [0.25, 0.3) is 0 Å². The van der Waals surface area contributed by atoms with E-state index in [0.717, 1.165) is 4.48 Å². The van der Waals surface area contributed by atoms with Crippen LogP contribution in [0.3, 0.4) is 0 Å². The molecule has 0 N–H and O–H groups in total. The minimum atomic E-state index is -1.75. The Kier molecular flexibility index (Phi) is 40.5. The molecule has 0 fully saturated rings. The minimum Gasteiger partial charge on any atom is -0.356 e. The molecule has 0 saturated carbocycles. The van der Waals surface area contributed by atoms with Gasteiger partial charge < -0.3 is 65.8 Å². The summed E-state index contributed by atoms with van der Waals surface area (Å²) in [6.07, 6.45) is 0. The van der Waals surface area contributed by atoms with Crippen molar-refractivity contribution in [3.05, 3.63) is 61.3 Å². The fourth-order valence-corrected chi connectivity index (χ4v) is 0. The van der Waals surface area contributed by atoms with Gasteiger partial charge in [0.2, 0.25) is 0 Å². The molecule has 0 aromatic rings. The van der Waals surface area contributed by atoms with Gasteiger partial charge in [0.15, 0.2) is 0 Å². The van der Waals surface area contributed by atoms with Crippen molar-refractivity contribution < 1.29 is 66.6 Å². The third kappa shape index (κ3) is 1530. The molecule has 0 aliphatic carbocycles. The Morgan fingerprint density at radius 3 is 0.500 bits per heavy atom. The van der Waals surface area contributed by atoms with E-state index in [1.54, 1.807) is 0 Å². The van der Waals surface area contributed by atoms with E-state index in [2.05, 4.69) is 28.2 Å². The first kappa shape index (κ1) is 36.9. The van der Waals surface area contributed by atoms with Crippen LogP contribution in [0.25, 0.3) is 0 Å². The first-order valence-corrected chi connectivity index (χ1v) is 3.98. The van der Waals surface area contributed by atoms with Gasteiger partial charge in [-0.05, 0) is 0 Å². The molecule has 0 aliphatic rings. The summed E-state index contributed by atoms with van der Waals surface area (Å²) >= 11 is 0. The maximum Gasteiger partial charge on any atom is 3.00 e. The molecule has 0 rings (SSSR count). The Balaban J connectivity index is -0.0000000361. The SMILES string of the molecule is C[N+](C)(C)C.O=[N+]([O-])[O-].O=[N+]([O-])[O-].O=[N+]([O-])[O-].O=[N+]([O-])[O-].[Ce+3]. The standard InChI is InChI=1S/C4H12N.Ce.4NO3/c1-5(2,3)4;;4*2-1(3)4/h1-4H3;;;;;/q+1;+3;4*-1. The van der Waals surface area contributed by atoms with Crippen LogP contribution in [0.5, 0.6) is 0 Å². The average molecular weight is 462 g/mol. The number of nitrogens with zero attached hydrogens (tertiary/aromatic N) is 5. The second kappa shape index (κ2) is 24.2. The fourth-order valence-electron chi connectivity index (χ4n) is 0. The summed E-state index contributed by atoms with van der Waals surface area (Å²) in [5.74, 6) is 0. The van der Waals surface area contributed by atoms with E-state index < -0.39 is 20.3 Å². The van der Waals surface area contributed by atoms with Gasteiger partial charge in [-0.1, -0.05) is 0 Å². The van der Waals surface area contributed by atoms with Crippen LogP contribution in [0.2, 0.25) is 0 Å². The topological polar surface area (TPSA) is 265 Å². The minimum absolute atomic E-state index is 0. The molecule has 22 heavy (non-hydrogen) atoms. The van der Waals surface area contributed by atoms with E-state index in [0.29, 0.717) is 0 Å². The predicted molar refractivity (Wildman–Crippen MR) is 65.4 cm³/mol. The van der Waals surface area contributed by atoms with E-state index in [1.165, 1.54) is 0 Å². The van der Waals surface area contributed by atoms with E-state index in [9.17, 15) is 0 Å². The van der Waals surface area contributed by atoms with Gasteiger partial charge in [0, 0.05) is 0 Å². The van der Waals surface area contributed by atoms with Crippen LogP contribution in [0.1, 0.15) is 0 Å². The molecule has 0 aromatic heterocycles. The Hall–Kier alpha value is -1.86. The Labute approximate surface area is 155 Å². The predicted octanol–water partition coefficient (Wildman–Crippen LogP) is -0.634. The van der Waals surface area contributed by atoms with Crippen molar-refractivity contribution in [3.8, 4) is 0 Å². The van der Waals surface area contributed by atoms with Crippen molar-refractivity contribution in [2.45, 2.75) is 0 Å². The smallest absolute Gasteiger partial charge is 0.356 e. The van der Waals surface area contributed by atoms with Gasteiger partial charge in [0.05, 0.1) is 48.5 Å². The van der Waals surface area contributed by atoms with E-state index in [-0.39, 0.29) is 41.7 Å². The normalized spacial score (nSPS) is 7.09. The van der Waals surface area contributed by atoms with E-state index >= 15 is 0 Å². The summed E-state index contributed by atoms with van der Waals surface area (Å²) in [6, 6.07) is 0. The molecule has 0 heterocycles. The van der Waals surface area contributed by atoms with Crippen LogP contribution in [-0.4, -0.2) is 53.0 Å². The largest absolute Gasteiger partial charge is 3.00 e. The van der Waals surface area contributed by atoms with Crippen LogP contribution in [-0.2, 0) is 0 Å². The van der Waals surface area contributed by atoms with Gasteiger partial charge in [-0.2, -0.15) is 0 Å². The fraction of sp³-hybridized carbons (Fsp3) is 1.00. The molecule has 17 nitrogen and oxygen atoms in total. The molecule has 0 amide bonds. The second-order valence-electron chi connectivity index (χ2n) is 3.58. The monoisotopic (exact) mass is 462 g/mol. The molecule has 0 spiro atoms. The maximum atomic E-state index is 8.25. The number of hydrogen-bond acceptors (Lipinski definition) is 12. The Morgan fingerprint density at radius 1 is 0.500 bits per heavy atom. The second-order valence-corrected chi connectivity index (χ2v) is 3.58. The Morgan fingerprint density at radius 2 is 0.500 bits per heavy atom. The summed E-state index contributed by atoms with van der Waals surface area (Å²) in [7, 11) is 8.50. The summed E-state index contributed by atoms with van der Waals surface area (Å²) < 4.78 is 1.00. The number of hydrogen-bond donors (Lipinski definition) is 0. The molecule has 0 aromatic carbocycles. The van der Waals surface area contributed by atoms with Crippen molar-refractivity contribution in [2.75, 3.05) is 28.2 Å². The number of rotatable bonds is 0. The van der Waals surface area contributed by atoms with E-state index in [1.807, 2.05) is 0 Å². The van der Waals surface area contributed by atoms with E-state index in [4.69, 9.17) is 61.3 Å². The first-order valence-electron chi connectivity index (χ1n) is 3.98. The van der Waals surface area contributed by atoms with Crippen molar-refractivity contribution in [2.24, 2.45) is 0 Å². The molecular formula is C4H12CeN5O12. The zero-order chi connectivity index (χ0) is 18.8. The zero-order valence-corrected chi connectivity index (χ0v) is 14.8. The van der Waals surface area contributed by atoms with Crippen molar-refractivity contribution in [1.82, 2.24) is 0 Å². The molecule has 1 radical (unpaired) electrons. The van der Waals surface area contributed by atoms with Gasteiger partial charge in [-0.25, -0.2) is 0 Å². The van der Waals surface area contributed by atoms with Gasteiger partial charge >= 0.3 is 41.7 Å². The molecule has 0 atom stereocenters. The van der Waals surface area contributed by atoms with Gasteiger partial charge in [0.1, 0.15) is 0 Å². The number of quaternary nitrogens is 1. The van der Waals surface area contributed by atoms with Crippen molar-refractivity contribution in [1.29, 1.82) is 0 Å². The molecule has 0 saturated heterocycles. The molecular weight excluding hydrogens is 450 g/mol. The van der Waals surface area contributed by atoms with Crippen LogP contribution >= 0.6 is 0 Å². The third-order valence-electron chi connectivity index (χ3n) is 0.